The summed E-state index contributed by atoms with van der Waals surface area (Å²) in [5.41, 5.74) is 2.32. The van der Waals surface area contributed by atoms with Crippen molar-refractivity contribution in [3.8, 4) is 0 Å². The monoisotopic (exact) mass is 440 g/mol. The maximum absolute atomic E-state index is 12.6. The van der Waals surface area contributed by atoms with Crippen molar-refractivity contribution in [1.29, 1.82) is 0 Å². The average molecular weight is 441 g/mol. The topological polar surface area (TPSA) is 82.6 Å². The average Bonchev–Trinajstić information content (AvgIpc) is 3.28. The number of imide groups is 1. The molecule has 2 aromatic rings. The number of nitrogens with one attached hydrogen (secondary N) is 1. The smallest absolute Gasteiger partial charge is 0.257 e. The van der Waals surface area contributed by atoms with Crippen molar-refractivity contribution in [3.63, 3.8) is 0 Å². The number of rotatable bonds is 6. The largest absolute Gasteiger partial charge is 0.298 e. The molecule has 0 bridgehead atoms. The minimum Gasteiger partial charge on any atom is -0.298 e. The highest BCUT2D eigenvalue weighted by molar-refractivity contribution is 7.14. The molecule has 31 heavy (non-hydrogen) atoms. The Bertz CT molecular complexity index is 945. The van der Waals surface area contributed by atoms with Crippen LogP contribution in [0.4, 0.5) is 5.13 Å². The lowest BCUT2D eigenvalue weighted by Crippen LogP contribution is -2.38. The number of carbonyl (C=O) groups is 3. The van der Waals surface area contributed by atoms with Crippen LogP contribution in [0.15, 0.2) is 29.6 Å². The van der Waals surface area contributed by atoms with Crippen LogP contribution in [0.5, 0.6) is 0 Å². The first-order chi connectivity index (χ1) is 14.9. The number of thiazole rings is 1. The van der Waals surface area contributed by atoms with Gasteiger partial charge >= 0.3 is 0 Å². The van der Waals surface area contributed by atoms with E-state index in [1.165, 1.54) is 22.7 Å². The van der Waals surface area contributed by atoms with Crippen LogP contribution in [-0.4, -0.2) is 45.6 Å². The molecule has 0 aliphatic carbocycles. The summed E-state index contributed by atoms with van der Waals surface area (Å²) < 4.78 is 0. The van der Waals surface area contributed by atoms with Crippen LogP contribution in [-0.2, 0) is 22.7 Å². The number of carbonyl (C=O) groups excluding carboxylic acids is 3. The van der Waals surface area contributed by atoms with E-state index >= 15 is 0 Å². The van der Waals surface area contributed by atoms with Crippen LogP contribution in [0.25, 0.3) is 0 Å². The first-order valence-corrected chi connectivity index (χ1v) is 11.7. The molecule has 3 amide bonds. The maximum atomic E-state index is 12.6. The van der Waals surface area contributed by atoms with E-state index in [9.17, 15) is 14.4 Å². The van der Waals surface area contributed by atoms with E-state index in [0.29, 0.717) is 22.5 Å². The third kappa shape index (κ3) is 5.37. The zero-order chi connectivity index (χ0) is 22.0. The molecule has 2 aliphatic rings. The number of hydrogen-bond acceptors (Lipinski definition) is 6. The second-order valence-corrected chi connectivity index (χ2v) is 9.67. The summed E-state index contributed by atoms with van der Waals surface area (Å²) in [4.78, 5) is 44.4. The Balaban J connectivity index is 1.32. The number of likely N-dealkylation sites (tertiary alicyclic amines) is 2. The van der Waals surface area contributed by atoms with Gasteiger partial charge in [0.25, 0.3) is 5.91 Å². The van der Waals surface area contributed by atoms with E-state index < -0.39 is 0 Å². The molecule has 3 heterocycles. The van der Waals surface area contributed by atoms with Gasteiger partial charge in [0, 0.05) is 43.4 Å². The van der Waals surface area contributed by atoms with E-state index in [0.717, 1.165) is 30.9 Å². The van der Waals surface area contributed by atoms with Crippen LogP contribution in [0.2, 0.25) is 0 Å². The summed E-state index contributed by atoms with van der Waals surface area (Å²) in [5, 5.41) is 5.47. The van der Waals surface area contributed by atoms with Crippen LogP contribution < -0.4 is 5.32 Å². The molecule has 2 fully saturated rings. The van der Waals surface area contributed by atoms with Gasteiger partial charge in [0.15, 0.2) is 5.13 Å². The SMILES string of the molecule is C[C@@H]1C[C@H](C)CN(Cc2csc(NC(=O)c3ccc(CN4C(=O)CCC4=O)cc3)n2)C1. The van der Waals surface area contributed by atoms with Gasteiger partial charge in [-0.25, -0.2) is 4.98 Å². The molecule has 0 radical (unpaired) electrons. The minimum atomic E-state index is -0.221. The Hall–Kier alpha value is -2.58. The molecule has 0 spiro atoms. The molecule has 1 N–H and O–H groups in total. The number of anilines is 1. The van der Waals surface area contributed by atoms with Crippen molar-refractivity contribution in [2.75, 3.05) is 18.4 Å². The van der Waals surface area contributed by atoms with Crippen LogP contribution >= 0.6 is 11.3 Å². The normalized spacial score (nSPS) is 22.2. The lowest BCUT2D eigenvalue weighted by atomic mass is 9.92. The van der Waals surface area contributed by atoms with Gasteiger partial charge in [0.2, 0.25) is 11.8 Å². The number of nitrogens with zero attached hydrogens (tertiary/aromatic N) is 3. The molecule has 4 rings (SSSR count). The molecule has 8 heteroatoms. The standard InChI is InChI=1S/C23H28N4O3S/c1-15-9-16(2)11-26(10-15)13-19-14-31-23(24-19)25-22(30)18-5-3-17(4-6-18)12-27-20(28)7-8-21(27)29/h3-6,14-16H,7-13H2,1-2H3,(H,24,25,30)/t15-,16+. The van der Waals surface area contributed by atoms with Crippen molar-refractivity contribution >= 4 is 34.2 Å². The summed E-state index contributed by atoms with van der Waals surface area (Å²) >= 11 is 1.44. The minimum absolute atomic E-state index is 0.139. The Morgan fingerprint density at radius 3 is 2.35 bits per heavy atom. The van der Waals surface area contributed by atoms with E-state index in [1.807, 2.05) is 5.38 Å². The number of hydrogen-bond donors (Lipinski definition) is 1. The van der Waals surface area contributed by atoms with Crippen molar-refractivity contribution in [1.82, 2.24) is 14.8 Å². The molecular formula is C23H28N4O3S. The lowest BCUT2D eigenvalue weighted by molar-refractivity contribution is -0.139. The van der Waals surface area contributed by atoms with E-state index in [-0.39, 0.29) is 37.1 Å². The predicted octanol–water partition coefficient (Wildman–Crippen LogP) is 3.52. The van der Waals surface area contributed by atoms with Crippen LogP contribution in [0.1, 0.15) is 54.7 Å². The second kappa shape index (κ2) is 9.28. The quantitative estimate of drug-likeness (QED) is 0.695. The third-order valence-corrected chi connectivity index (χ3v) is 6.62. The number of aromatic nitrogens is 1. The van der Waals surface area contributed by atoms with Crippen molar-refractivity contribution in [3.05, 3.63) is 46.5 Å². The molecule has 1 aromatic carbocycles. The summed E-state index contributed by atoms with van der Waals surface area (Å²) in [6.45, 7) is 7.82. The van der Waals surface area contributed by atoms with E-state index in [1.54, 1.807) is 24.3 Å². The highest BCUT2D eigenvalue weighted by Crippen LogP contribution is 2.24. The van der Waals surface area contributed by atoms with Gasteiger partial charge in [0.05, 0.1) is 12.2 Å². The highest BCUT2D eigenvalue weighted by atomic mass is 32.1. The van der Waals surface area contributed by atoms with Crippen molar-refractivity contribution < 1.29 is 14.4 Å². The molecular weight excluding hydrogens is 412 g/mol. The Morgan fingerprint density at radius 2 is 1.71 bits per heavy atom. The molecule has 2 atom stereocenters. The van der Waals surface area contributed by atoms with Gasteiger partial charge < -0.3 is 0 Å². The van der Waals surface area contributed by atoms with Gasteiger partial charge in [0.1, 0.15) is 0 Å². The number of benzene rings is 1. The first-order valence-electron chi connectivity index (χ1n) is 10.8. The maximum Gasteiger partial charge on any atom is 0.257 e. The fourth-order valence-corrected chi connectivity index (χ4v) is 5.20. The van der Waals surface area contributed by atoms with Gasteiger partial charge in [-0.1, -0.05) is 26.0 Å². The van der Waals surface area contributed by atoms with Gasteiger partial charge in [-0.2, -0.15) is 0 Å². The van der Waals surface area contributed by atoms with Crippen LogP contribution in [0.3, 0.4) is 0 Å². The number of amides is 3. The summed E-state index contributed by atoms with van der Waals surface area (Å²) in [6.07, 6.45) is 1.84. The molecule has 1 aromatic heterocycles. The zero-order valence-electron chi connectivity index (χ0n) is 18.0. The third-order valence-electron chi connectivity index (χ3n) is 5.81. The lowest BCUT2D eigenvalue weighted by Gasteiger charge is -2.34. The Labute approximate surface area is 186 Å². The molecule has 2 saturated heterocycles. The fraction of sp³-hybridized carbons (Fsp3) is 0.478. The van der Waals surface area contributed by atoms with E-state index in [2.05, 4.69) is 29.0 Å². The molecule has 0 unspecified atom stereocenters. The summed E-state index contributed by atoms with van der Waals surface area (Å²) in [7, 11) is 0. The molecule has 164 valence electrons. The van der Waals surface area contributed by atoms with Crippen molar-refractivity contribution in [2.45, 2.75) is 46.2 Å². The predicted molar refractivity (Wildman–Crippen MR) is 120 cm³/mol. The first kappa shape index (κ1) is 21.6. The second-order valence-electron chi connectivity index (χ2n) is 8.81. The summed E-state index contributed by atoms with van der Waals surface area (Å²) in [6, 6.07) is 6.97. The Morgan fingerprint density at radius 1 is 1.06 bits per heavy atom. The molecule has 2 aliphatic heterocycles. The van der Waals surface area contributed by atoms with Crippen molar-refractivity contribution in [2.24, 2.45) is 11.8 Å². The van der Waals surface area contributed by atoms with Crippen LogP contribution in [0, 0.1) is 11.8 Å². The molecule has 7 nitrogen and oxygen atoms in total. The summed E-state index contributed by atoms with van der Waals surface area (Å²) in [5.74, 6) is 0.901. The fourth-order valence-electron chi connectivity index (χ4n) is 4.50. The van der Waals surface area contributed by atoms with Gasteiger partial charge in [-0.15, -0.1) is 11.3 Å². The Kier molecular flexibility index (Phi) is 6.48. The van der Waals surface area contributed by atoms with E-state index in [4.69, 9.17) is 0 Å². The zero-order valence-corrected chi connectivity index (χ0v) is 18.8. The highest BCUT2D eigenvalue weighted by Gasteiger charge is 2.28. The van der Waals surface area contributed by atoms with Gasteiger partial charge in [-0.05, 0) is 36.0 Å². The van der Waals surface area contributed by atoms with Gasteiger partial charge in [-0.3, -0.25) is 29.5 Å². The number of piperidine rings is 1. The molecule has 0 saturated carbocycles.